The van der Waals surface area contributed by atoms with E-state index in [1.54, 1.807) is 24.3 Å². The van der Waals surface area contributed by atoms with Crippen molar-refractivity contribution < 1.29 is 23.0 Å². The van der Waals surface area contributed by atoms with Gasteiger partial charge in [0.05, 0.1) is 13.0 Å². The molecule has 2 aromatic carbocycles. The van der Waals surface area contributed by atoms with Crippen LogP contribution >= 0.6 is 11.6 Å². The summed E-state index contributed by atoms with van der Waals surface area (Å²) in [4.78, 5) is 12.7. The van der Waals surface area contributed by atoms with E-state index in [0.29, 0.717) is 18.0 Å². The molecule has 1 N–H and O–H groups in total. The van der Waals surface area contributed by atoms with Crippen molar-refractivity contribution in [2.45, 2.75) is 32.8 Å². The van der Waals surface area contributed by atoms with Crippen LogP contribution in [0.25, 0.3) is 0 Å². The second-order valence-electron chi connectivity index (χ2n) is 6.68. The molecule has 0 spiro atoms. The minimum absolute atomic E-state index is 0.0205. The first-order chi connectivity index (χ1) is 13.3. The van der Waals surface area contributed by atoms with Gasteiger partial charge < -0.3 is 14.8 Å². The van der Waals surface area contributed by atoms with Crippen LogP contribution in [0.3, 0.4) is 0 Å². The van der Waals surface area contributed by atoms with Crippen molar-refractivity contribution in [3.05, 3.63) is 58.6 Å². The summed E-state index contributed by atoms with van der Waals surface area (Å²) in [6.45, 7) is 1.48. The molecule has 0 unspecified atom stereocenters. The molecule has 0 radical (unpaired) electrons. The zero-order chi connectivity index (χ0) is 20.7. The number of alkyl halides is 2. The van der Waals surface area contributed by atoms with Crippen molar-refractivity contribution in [2.24, 2.45) is 5.92 Å². The topological polar surface area (TPSA) is 47.6 Å². The maximum absolute atomic E-state index is 12.7. The average Bonchev–Trinajstić information content (AvgIpc) is 2.64. The molecule has 0 aliphatic heterocycles. The van der Waals surface area contributed by atoms with Gasteiger partial charge in [0.1, 0.15) is 0 Å². The summed E-state index contributed by atoms with van der Waals surface area (Å²) in [7, 11) is 1.39. The maximum atomic E-state index is 12.7. The second kappa shape index (κ2) is 10.3. The molecule has 0 aromatic heterocycles. The fourth-order valence-corrected chi connectivity index (χ4v) is 3.14. The molecule has 0 fully saturated rings. The summed E-state index contributed by atoms with van der Waals surface area (Å²) in [5, 5.41) is 3.57. The lowest BCUT2D eigenvalue weighted by atomic mass is 9.87. The van der Waals surface area contributed by atoms with E-state index in [1.165, 1.54) is 13.2 Å². The van der Waals surface area contributed by atoms with Crippen molar-refractivity contribution in [3.8, 4) is 11.5 Å². The average molecular weight is 412 g/mol. The Labute approximate surface area is 168 Å². The predicted molar refractivity (Wildman–Crippen MR) is 105 cm³/mol. The van der Waals surface area contributed by atoms with Crippen molar-refractivity contribution in [1.82, 2.24) is 5.32 Å². The predicted octanol–water partition coefficient (Wildman–Crippen LogP) is 5.05. The number of benzene rings is 2. The number of methoxy groups -OCH3 is 1. The second-order valence-corrected chi connectivity index (χ2v) is 7.11. The smallest absolute Gasteiger partial charge is 0.387 e. The lowest BCUT2D eigenvalue weighted by Gasteiger charge is -2.21. The first-order valence-corrected chi connectivity index (χ1v) is 9.34. The van der Waals surface area contributed by atoms with E-state index in [4.69, 9.17) is 16.3 Å². The van der Waals surface area contributed by atoms with E-state index in [1.807, 2.05) is 26.0 Å². The molecule has 0 aliphatic rings. The Balaban J connectivity index is 1.99. The van der Waals surface area contributed by atoms with Crippen LogP contribution in [0.1, 0.15) is 30.9 Å². The highest BCUT2D eigenvalue weighted by molar-refractivity contribution is 6.30. The molecule has 28 heavy (non-hydrogen) atoms. The summed E-state index contributed by atoms with van der Waals surface area (Å²) < 4.78 is 34.3. The molecule has 0 heterocycles. The van der Waals surface area contributed by atoms with Crippen molar-refractivity contribution >= 4 is 17.5 Å². The molecule has 1 atom stereocenters. The maximum Gasteiger partial charge on any atom is 0.387 e. The summed E-state index contributed by atoms with van der Waals surface area (Å²) >= 11 is 5.93. The number of rotatable bonds is 9. The van der Waals surface area contributed by atoms with Gasteiger partial charge in [0.2, 0.25) is 5.91 Å². The summed E-state index contributed by atoms with van der Waals surface area (Å²) in [5.41, 5.74) is 1.75. The Morgan fingerprint density at radius 2 is 1.79 bits per heavy atom. The van der Waals surface area contributed by atoms with Gasteiger partial charge in [0.25, 0.3) is 0 Å². The summed E-state index contributed by atoms with van der Waals surface area (Å²) in [5.74, 6) is -0.0270. The molecular weight excluding hydrogens is 388 g/mol. The Kier molecular flexibility index (Phi) is 8.05. The van der Waals surface area contributed by atoms with Crippen LogP contribution < -0.4 is 14.8 Å². The van der Waals surface area contributed by atoms with E-state index in [-0.39, 0.29) is 29.2 Å². The molecule has 7 heteroatoms. The van der Waals surface area contributed by atoms with Gasteiger partial charge in [0.15, 0.2) is 11.5 Å². The Hall–Kier alpha value is -2.34. The molecule has 0 aliphatic carbocycles. The van der Waals surface area contributed by atoms with Gasteiger partial charge >= 0.3 is 6.61 Å². The standard InChI is InChI=1S/C21H24ClF2NO3/c1-13(2)19(15-5-7-16(22)8-6-15)20(26)25-11-10-14-4-9-17(28-21(23)24)18(12-14)27-3/h4-9,12-13,19,21H,10-11H2,1-3H3,(H,25,26)/t19-/m1/s1. The van der Waals surface area contributed by atoms with Crippen LogP contribution in [0, 0.1) is 5.92 Å². The monoisotopic (exact) mass is 411 g/mol. The molecule has 4 nitrogen and oxygen atoms in total. The van der Waals surface area contributed by atoms with E-state index in [2.05, 4.69) is 10.1 Å². The molecule has 2 rings (SSSR count). The molecule has 152 valence electrons. The Morgan fingerprint density at radius 3 is 2.36 bits per heavy atom. The number of carbonyl (C=O) groups excluding carboxylic acids is 1. The molecule has 0 saturated carbocycles. The van der Waals surface area contributed by atoms with E-state index < -0.39 is 6.61 Å². The van der Waals surface area contributed by atoms with Gasteiger partial charge in [0, 0.05) is 11.6 Å². The van der Waals surface area contributed by atoms with Crippen LogP contribution in [0.4, 0.5) is 8.78 Å². The summed E-state index contributed by atoms with van der Waals surface area (Å²) in [6.07, 6.45) is 0.530. The number of hydrogen-bond donors (Lipinski definition) is 1. The first kappa shape index (κ1) is 22.0. The van der Waals surface area contributed by atoms with Gasteiger partial charge in [-0.2, -0.15) is 8.78 Å². The number of amides is 1. The molecule has 0 saturated heterocycles. The lowest BCUT2D eigenvalue weighted by Crippen LogP contribution is -2.33. The normalized spacial score (nSPS) is 12.1. The highest BCUT2D eigenvalue weighted by Gasteiger charge is 2.23. The highest BCUT2D eigenvalue weighted by atomic mass is 35.5. The van der Waals surface area contributed by atoms with Gasteiger partial charge in [-0.25, -0.2) is 0 Å². The number of nitrogens with one attached hydrogen (secondary N) is 1. The number of carbonyl (C=O) groups is 1. The molecular formula is C21H24ClF2NO3. The van der Waals surface area contributed by atoms with Crippen molar-refractivity contribution in [1.29, 1.82) is 0 Å². The van der Waals surface area contributed by atoms with Crippen molar-refractivity contribution in [3.63, 3.8) is 0 Å². The van der Waals surface area contributed by atoms with E-state index >= 15 is 0 Å². The highest BCUT2D eigenvalue weighted by Crippen LogP contribution is 2.30. The van der Waals surface area contributed by atoms with Crippen LogP contribution in [0.5, 0.6) is 11.5 Å². The Morgan fingerprint density at radius 1 is 1.11 bits per heavy atom. The fraction of sp³-hybridized carbons (Fsp3) is 0.381. The van der Waals surface area contributed by atoms with Crippen LogP contribution in [-0.2, 0) is 11.2 Å². The van der Waals surface area contributed by atoms with Crippen molar-refractivity contribution in [2.75, 3.05) is 13.7 Å². The first-order valence-electron chi connectivity index (χ1n) is 8.96. The number of halogens is 3. The third kappa shape index (κ3) is 6.09. The molecule has 0 bridgehead atoms. The van der Waals surface area contributed by atoms with Gasteiger partial charge in [-0.1, -0.05) is 43.6 Å². The third-order valence-electron chi connectivity index (χ3n) is 4.34. The van der Waals surface area contributed by atoms with Gasteiger partial charge in [-0.05, 0) is 47.7 Å². The number of hydrogen-bond acceptors (Lipinski definition) is 3. The van der Waals surface area contributed by atoms with E-state index in [0.717, 1.165) is 11.1 Å². The van der Waals surface area contributed by atoms with Crippen LogP contribution in [-0.4, -0.2) is 26.2 Å². The number of ether oxygens (including phenoxy) is 2. The zero-order valence-corrected chi connectivity index (χ0v) is 16.8. The van der Waals surface area contributed by atoms with Gasteiger partial charge in [-0.3, -0.25) is 4.79 Å². The molecule has 2 aromatic rings. The summed E-state index contributed by atoms with van der Waals surface area (Å²) in [6, 6.07) is 12.0. The van der Waals surface area contributed by atoms with Crippen LogP contribution in [0.2, 0.25) is 5.02 Å². The molecule has 1 amide bonds. The van der Waals surface area contributed by atoms with Crippen LogP contribution in [0.15, 0.2) is 42.5 Å². The minimum Gasteiger partial charge on any atom is -0.493 e. The third-order valence-corrected chi connectivity index (χ3v) is 4.59. The zero-order valence-electron chi connectivity index (χ0n) is 16.0. The lowest BCUT2D eigenvalue weighted by molar-refractivity contribution is -0.123. The largest absolute Gasteiger partial charge is 0.493 e. The fourth-order valence-electron chi connectivity index (χ4n) is 3.01. The quantitative estimate of drug-likeness (QED) is 0.628. The minimum atomic E-state index is -2.92. The van der Waals surface area contributed by atoms with Gasteiger partial charge in [-0.15, -0.1) is 0 Å². The Bertz CT molecular complexity index is 782. The van der Waals surface area contributed by atoms with E-state index in [9.17, 15) is 13.6 Å². The SMILES string of the molecule is COc1cc(CCNC(=O)[C@@H](c2ccc(Cl)cc2)C(C)C)ccc1OC(F)F.